The maximum Gasteiger partial charge on any atom is 0.270 e. The molecular weight excluding hydrogens is 312 g/mol. The van der Waals surface area contributed by atoms with Crippen molar-refractivity contribution in [3.63, 3.8) is 0 Å². The van der Waals surface area contributed by atoms with E-state index in [1.54, 1.807) is 9.47 Å². The van der Waals surface area contributed by atoms with Crippen molar-refractivity contribution >= 4 is 25.6 Å². The SMILES string of the molecule is CCC(C)N(CC)C(=O)c1cc(S(=O)(=O)Cl)cn1C1CC1. The largest absolute Gasteiger partial charge is 0.339 e. The lowest BCUT2D eigenvalue weighted by molar-refractivity contribution is 0.0688. The number of carbonyl (C=O) groups excluding carboxylic acids is 1. The van der Waals surface area contributed by atoms with E-state index in [0.29, 0.717) is 12.2 Å². The molecule has 21 heavy (non-hydrogen) atoms. The smallest absolute Gasteiger partial charge is 0.270 e. The third kappa shape index (κ3) is 3.43. The van der Waals surface area contributed by atoms with Crippen molar-refractivity contribution in [3.05, 3.63) is 18.0 Å². The molecule has 1 aromatic heterocycles. The van der Waals surface area contributed by atoms with Crippen LogP contribution in [0, 0.1) is 0 Å². The number of carbonyl (C=O) groups is 1. The first-order valence-electron chi connectivity index (χ1n) is 7.27. The lowest BCUT2D eigenvalue weighted by Crippen LogP contribution is -2.39. The molecule has 1 unspecified atom stereocenters. The molecule has 0 radical (unpaired) electrons. The molecule has 5 nitrogen and oxygen atoms in total. The van der Waals surface area contributed by atoms with Gasteiger partial charge in [0.25, 0.3) is 15.0 Å². The van der Waals surface area contributed by atoms with Crippen molar-refractivity contribution in [1.29, 1.82) is 0 Å². The number of aromatic nitrogens is 1. The van der Waals surface area contributed by atoms with E-state index in [4.69, 9.17) is 10.7 Å². The van der Waals surface area contributed by atoms with E-state index in [0.717, 1.165) is 19.3 Å². The molecule has 1 saturated carbocycles. The van der Waals surface area contributed by atoms with Crippen LogP contribution in [-0.2, 0) is 9.05 Å². The highest BCUT2D eigenvalue weighted by Crippen LogP contribution is 2.38. The predicted molar refractivity (Wildman–Crippen MR) is 82.2 cm³/mol. The number of amides is 1. The van der Waals surface area contributed by atoms with Gasteiger partial charge in [0.15, 0.2) is 0 Å². The Morgan fingerprint density at radius 2 is 2.10 bits per heavy atom. The standard InChI is InChI=1S/C14H21ClN2O3S/c1-4-10(3)16(5-2)14(18)13-8-12(21(15,19)20)9-17(13)11-6-7-11/h8-11H,4-7H2,1-3H3. The van der Waals surface area contributed by atoms with Crippen LogP contribution in [0.3, 0.4) is 0 Å². The van der Waals surface area contributed by atoms with Crippen molar-refractivity contribution in [2.75, 3.05) is 6.54 Å². The summed E-state index contributed by atoms with van der Waals surface area (Å²) in [6.07, 6.45) is 4.26. The van der Waals surface area contributed by atoms with Gasteiger partial charge in [0.05, 0.1) is 0 Å². The fraction of sp³-hybridized carbons (Fsp3) is 0.643. The van der Waals surface area contributed by atoms with Crippen LogP contribution in [0.25, 0.3) is 0 Å². The minimum atomic E-state index is -3.82. The van der Waals surface area contributed by atoms with E-state index in [1.807, 2.05) is 20.8 Å². The molecule has 2 rings (SSSR count). The van der Waals surface area contributed by atoms with E-state index in [9.17, 15) is 13.2 Å². The molecule has 1 heterocycles. The van der Waals surface area contributed by atoms with Gasteiger partial charge in [-0.2, -0.15) is 0 Å². The van der Waals surface area contributed by atoms with Crippen LogP contribution in [0.2, 0.25) is 0 Å². The molecule has 1 fully saturated rings. The number of halogens is 1. The van der Waals surface area contributed by atoms with E-state index in [2.05, 4.69) is 0 Å². The van der Waals surface area contributed by atoms with Crippen LogP contribution >= 0.6 is 10.7 Å². The number of rotatable bonds is 6. The Morgan fingerprint density at radius 3 is 2.52 bits per heavy atom. The first-order valence-corrected chi connectivity index (χ1v) is 9.58. The van der Waals surface area contributed by atoms with E-state index >= 15 is 0 Å². The first-order chi connectivity index (χ1) is 9.79. The quantitative estimate of drug-likeness (QED) is 0.752. The van der Waals surface area contributed by atoms with Gasteiger partial charge < -0.3 is 9.47 Å². The molecule has 0 saturated heterocycles. The molecule has 0 spiro atoms. The molecule has 1 aliphatic rings. The van der Waals surface area contributed by atoms with Gasteiger partial charge in [-0.3, -0.25) is 4.79 Å². The Labute approximate surface area is 130 Å². The number of hydrogen-bond donors (Lipinski definition) is 0. The minimum Gasteiger partial charge on any atom is -0.339 e. The number of hydrogen-bond acceptors (Lipinski definition) is 3. The second-order valence-electron chi connectivity index (χ2n) is 5.49. The average molecular weight is 333 g/mol. The molecule has 1 amide bonds. The molecular formula is C14H21ClN2O3S. The van der Waals surface area contributed by atoms with Crippen molar-refractivity contribution in [1.82, 2.24) is 9.47 Å². The van der Waals surface area contributed by atoms with Gasteiger partial charge in [-0.15, -0.1) is 0 Å². The molecule has 0 aliphatic heterocycles. The van der Waals surface area contributed by atoms with Crippen LogP contribution in [0.5, 0.6) is 0 Å². The van der Waals surface area contributed by atoms with Gasteiger partial charge in [0.2, 0.25) is 0 Å². The highest BCUT2D eigenvalue weighted by molar-refractivity contribution is 8.13. The molecule has 0 bridgehead atoms. The van der Waals surface area contributed by atoms with E-state index in [-0.39, 0.29) is 22.9 Å². The second kappa shape index (κ2) is 6.01. The topological polar surface area (TPSA) is 59.4 Å². The summed E-state index contributed by atoms with van der Waals surface area (Å²) in [5.74, 6) is -0.134. The van der Waals surface area contributed by atoms with Crippen LogP contribution < -0.4 is 0 Å². The molecule has 0 aromatic carbocycles. The molecule has 1 aliphatic carbocycles. The predicted octanol–water partition coefficient (Wildman–Crippen LogP) is 3.01. The van der Waals surface area contributed by atoms with Crippen molar-refractivity contribution in [2.24, 2.45) is 0 Å². The average Bonchev–Trinajstić information content (AvgIpc) is 3.16. The van der Waals surface area contributed by atoms with Gasteiger partial charge in [-0.25, -0.2) is 8.42 Å². The molecule has 1 aromatic rings. The molecule has 118 valence electrons. The summed E-state index contributed by atoms with van der Waals surface area (Å²) in [4.78, 5) is 14.5. The Kier molecular flexibility index (Phi) is 4.68. The summed E-state index contributed by atoms with van der Waals surface area (Å²) in [6.45, 7) is 6.53. The summed E-state index contributed by atoms with van der Waals surface area (Å²) in [5, 5.41) is 0. The monoisotopic (exact) mass is 332 g/mol. The molecule has 0 N–H and O–H groups in total. The van der Waals surface area contributed by atoms with Gasteiger partial charge in [-0.05, 0) is 39.2 Å². The fourth-order valence-electron chi connectivity index (χ4n) is 2.44. The number of nitrogens with zero attached hydrogens (tertiary/aromatic N) is 2. The Morgan fingerprint density at radius 1 is 1.48 bits per heavy atom. The third-order valence-electron chi connectivity index (χ3n) is 3.99. The second-order valence-corrected chi connectivity index (χ2v) is 8.05. The maximum atomic E-state index is 12.7. The van der Waals surface area contributed by atoms with Gasteiger partial charge in [0, 0.05) is 35.5 Å². The van der Waals surface area contributed by atoms with E-state index in [1.165, 1.54) is 12.3 Å². The van der Waals surface area contributed by atoms with Gasteiger partial charge in [0.1, 0.15) is 10.6 Å². The van der Waals surface area contributed by atoms with Gasteiger partial charge >= 0.3 is 0 Å². The Bertz CT molecular complexity index is 635. The third-order valence-corrected chi connectivity index (χ3v) is 5.31. The zero-order valence-corrected chi connectivity index (χ0v) is 14.1. The van der Waals surface area contributed by atoms with Crippen molar-refractivity contribution in [3.8, 4) is 0 Å². The van der Waals surface area contributed by atoms with Crippen LogP contribution in [0.1, 0.15) is 56.6 Å². The lowest BCUT2D eigenvalue weighted by atomic mass is 10.2. The normalized spacial score (nSPS) is 16.8. The highest BCUT2D eigenvalue weighted by atomic mass is 35.7. The molecule has 7 heteroatoms. The Balaban J connectivity index is 2.42. The van der Waals surface area contributed by atoms with Crippen molar-refractivity contribution in [2.45, 2.75) is 57.0 Å². The van der Waals surface area contributed by atoms with Gasteiger partial charge in [-0.1, -0.05) is 6.92 Å². The summed E-state index contributed by atoms with van der Waals surface area (Å²) in [7, 11) is 1.59. The molecule has 1 atom stereocenters. The van der Waals surface area contributed by atoms with Crippen LogP contribution in [0.15, 0.2) is 17.2 Å². The highest BCUT2D eigenvalue weighted by Gasteiger charge is 2.32. The zero-order valence-electron chi connectivity index (χ0n) is 12.5. The lowest BCUT2D eigenvalue weighted by Gasteiger charge is -2.27. The van der Waals surface area contributed by atoms with Crippen molar-refractivity contribution < 1.29 is 13.2 Å². The van der Waals surface area contributed by atoms with E-state index < -0.39 is 9.05 Å². The summed E-state index contributed by atoms with van der Waals surface area (Å²) < 4.78 is 24.8. The Hall–Kier alpha value is -1.01. The summed E-state index contributed by atoms with van der Waals surface area (Å²) >= 11 is 0. The maximum absolute atomic E-state index is 12.7. The first kappa shape index (κ1) is 16.4. The fourth-order valence-corrected chi connectivity index (χ4v) is 3.18. The summed E-state index contributed by atoms with van der Waals surface area (Å²) in [5.41, 5.74) is 0.416. The van der Waals surface area contributed by atoms with Crippen LogP contribution in [0.4, 0.5) is 0 Å². The van der Waals surface area contributed by atoms with Crippen LogP contribution in [-0.4, -0.2) is 36.4 Å². The summed E-state index contributed by atoms with van der Waals surface area (Å²) in [6, 6.07) is 1.72. The zero-order chi connectivity index (χ0) is 15.8. The minimum absolute atomic E-state index is 0.000351.